The first-order valence-corrected chi connectivity index (χ1v) is 12.9. The number of piperidine rings is 1. The average molecular weight is 554 g/mol. The highest BCUT2D eigenvalue weighted by atomic mass is 32.2. The number of rotatable bonds is 5. The molecule has 0 aromatic heterocycles. The van der Waals surface area contributed by atoms with Crippen molar-refractivity contribution in [1.29, 1.82) is 0 Å². The zero-order valence-corrected chi connectivity index (χ0v) is 21.1. The third-order valence-electron chi connectivity index (χ3n) is 6.68. The first kappa shape index (κ1) is 27.5. The largest absolute Gasteiger partial charge is 0.478 e. The van der Waals surface area contributed by atoms with Crippen molar-refractivity contribution >= 4 is 33.8 Å². The molecule has 0 unspecified atom stereocenters. The molecule has 2 aromatic carbocycles. The summed E-state index contributed by atoms with van der Waals surface area (Å²) in [4.78, 5) is 28.3. The molecule has 4 rings (SSSR count). The Hall–Kier alpha value is -3.58. The third-order valence-corrected chi connectivity index (χ3v) is 8.25. The number of aryl methyl sites for hydroxylation is 2. The second-order valence-corrected chi connectivity index (χ2v) is 11.0. The topological polar surface area (TPSA) is 116 Å². The Morgan fingerprint density at radius 1 is 1.13 bits per heavy atom. The summed E-state index contributed by atoms with van der Waals surface area (Å²) in [6, 6.07) is 5.20. The standard InChI is InChI=1S/C25H23F4N3O5S/c1-14-11-17(22(33)34)12-15(2)18(14)5-10-38(36,37)32-8-6-24(7-9-32)23(35)30-21(31-24)16-3-4-20(26)19(13-16)25(27,28)29/h3-5,10-13H,6-9H2,1-2H3,(H,33,34)(H,30,31,35)/b10-5+. The van der Waals surface area contributed by atoms with Gasteiger partial charge in [0.2, 0.25) is 10.0 Å². The van der Waals surface area contributed by atoms with E-state index in [9.17, 15) is 40.7 Å². The summed E-state index contributed by atoms with van der Waals surface area (Å²) in [6.07, 6.45) is -3.55. The minimum Gasteiger partial charge on any atom is -0.478 e. The van der Waals surface area contributed by atoms with Gasteiger partial charge in [0, 0.05) is 24.1 Å². The van der Waals surface area contributed by atoms with Crippen LogP contribution in [0, 0.1) is 19.7 Å². The highest BCUT2D eigenvalue weighted by Gasteiger charge is 2.47. The van der Waals surface area contributed by atoms with Gasteiger partial charge in [-0.2, -0.15) is 17.5 Å². The number of carbonyl (C=O) groups excluding carboxylic acids is 1. The van der Waals surface area contributed by atoms with Gasteiger partial charge in [-0.3, -0.25) is 9.79 Å². The maximum atomic E-state index is 13.7. The molecule has 2 aliphatic heterocycles. The van der Waals surface area contributed by atoms with Gasteiger partial charge >= 0.3 is 12.1 Å². The molecule has 2 N–H and O–H groups in total. The van der Waals surface area contributed by atoms with Crippen LogP contribution >= 0.6 is 0 Å². The number of sulfonamides is 1. The van der Waals surface area contributed by atoms with Crippen molar-refractivity contribution in [3.8, 4) is 0 Å². The van der Waals surface area contributed by atoms with Crippen molar-refractivity contribution < 1.29 is 40.7 Å². The molecule has 0 saturated carbocycles. The molecular formula is C25H23F4N3O5S. The fourth-order valence-electron chi connectivity index (χ4n) is 4.59. The van der Waals surface area contributed by atoms with E-state index in [0.717, 1.165) is 11.5 Å². The van der Waals surface area contributed by atoms with Gasteiger partial charge in [-0.25, -0.2) is 17.6 Å². The maximum Gasteiger partial charge on any atom is 0.419 e. The maximum absolute atomic E-state index is 13.7. The second kappa shape index (κ2) is 9.62. The highest BCUT2D eigenvalue weighted by molar-refractivity contribution is 7.92. The summed E-state index contributed by atoms with van der Waals surface area (Å²) >= 11 is 0. The summed E-state index contributed by atoms with van der Waals surface area (Å²) in [7, 11) is -3.91. The summed E-state index contributed by atoms with van der Waals surface area (Å²) in [5, 5.41) is 12.6. The predicted molar refractivity (Wildman–Crippen MR) is 130 cm³/mol. The number of carboxylic acid groups (broad SMARTS) is 1. The number of nitrogens with zero attached hydrogens (tertiary/aromatic N) is 2. The minimum absolute atomic E-state index is 0.00586. The van der Waals surface area contributed by atoms with E-state index in [4.69, 9.17) is 0 Å². The van der Waals surface area contributed by atoms with Crippen LogP contribution in [-0.4, -0.2) is 54.2 Å². The Balaban J connectivity index is 1.52. The van der Waals surface area contributed by atoms with Crippen LogP contribution in [-0.2, 0) is 21.0 Å². The lowest BCUT2D eigenvalue weighted by Gasteiger charge is -2.34. The minimum atomic E-state index is -4.93. The van der Waals surface area contributed by atoms with Gasteiger partial charge in [0.25, 0.3) is 5.91 Å². The molecular weight excluding hydrogens is 530 g/mol. The van der Waals surface area contributed by atoms with Crippen LogP contribution in [0.3, 0.4) is 0 Å². The van der Waals surface area contributed by atoms with Crippen molar-refractivity contribution in [3.63, 3.8) is 0 Å². The van der Waals surface area contributed by atoms with Crippen LogP contribution in [0.25, 0.3) is 6.08 Å². The summed E-state index contributed by atoms with van der Waals surface area (Å²) in [5.41, 5.74) is -1.11. The van der Waals surface area contributed by atoms with Crippen molar-refractivity contribution in [1.82, 2.24) is 9.62 Å². The molecule has 0 bridgehead atoms. The Morgan fingerprint density at radius 2 is 1.74 bits per heavy atom. The molecule has 1 spiro atoms. The number of hydrogen-bond acceptors (Lipinski definition) is 5. The lowest BCUT2D eigenvalue weighted by atomic mass is 9.89. The van der Waals surface area contributed by atoms with E-state index >= 15 is 0 Å². The number of aliphatic imine (C=N–C) groups is 1. The number of nitrogens with one attached hydrogen (secondary N) is 1. The molecule has 2 heterocycles. The molecule has 8 nitrogen and oxygen atoms in total. The number of hydrogen-bond donors (Lipinski definition) is 2. The number of aromatic carboxylic acids is 1. The number of benzene rings is 2. The van der Waals surface area contributed by atoms with Gasteiger partial charge in [0.05, 0.1) is 11.1 Å². The first-order chi connectivity index (χ1) is 17.6. The van der Waals surface area contributed by atoms with E-state index in [1.165, 1.54) is 22.5 Å². The van der Waals surface area contributed by atoms with Crippen molar-refractivity contribution in [3.05, 3.63) is 74.9 Å². The van der Waals surface area contributed by atoms with Gasteiger partial charge in [0.1, 0.15) is 17.2 Å². The summed E-state index contributed by atoms with van der Waals surface area (Å²) in [6.45, 7) is 3.21. The smallest absolute Gasteiger partial charge is 0.419 e. The zero-order valence-electron chi connectivity index (χ0n) is 20.3. The van der Waals surface area contributed by atoms with E-state index < -0.39 is 45.0 Å². The van der Waals surface area contributed by atoms with Crippen LogP contribution in [0.4, 0.5) is 17.6 Å². The second-order valence-electron chi connectivity index (χ2n) is 9.21. The number of halogens is 4. The lowest BCUT2D eigenvalue weighted by molar-refractivity contribution is -0.140. The number of amidine groups is 1. The Kier molecular flexibility index (Phi) is 6.95. The van der Waals surface area contributed by atoms with Gasteiger partial charge in [-0.05, 0) is 79.8 Å². The fraction of sp³-hybridized carbons (Fsp3) is 0.320. The van der Waals surface area contributed by atoms with Gasteiger partial charge in [-0.15, -0.1) is 0 Å². The monoisotopic (exact) mass is 553 g/mol. The van der Waals surface area contributed by atoms with Crippen LogP contribution in [0.2, 0.25) is 0 Å². The van der Waals surface area contributed by atoms with Crippen molar-refractivity contribution in [2.45, 2.75) is 38.4 Å². The lowest BCUT2D eigenvalue weighted by Crippen LogP contribution is -2.50. The fourth-order valence-corrected chi connectivity index (χ4v) is 5.77. The molecule has 13 heteroatoms. The average Bonchev–Trinajstić information content (AvgIpc) is 3.13. The van der Waals surface area contributed by atoms with Crippen LogP contribution < -0.4 is 5.32 Å². The third kappa shape index (κ3) is 5.20. The quantitative estimate of drug-likeness (QED) is 0.546. The van der Waals surface area contributed by atoms with E-state index in [1.54, 1.807) is 13.8 Å². The molecule has 2 aliphatic rings. The molecule has 0 atom stereocenters. The SMILES string of the molecule is Cc1cc(C(=O)O)cc(C)c1/C=C/S(=O)(=O)N1CCC2(CC1)N=C(c1ccc(F)c(C(F)(F)F)c1)NC2=O. The Bertz CT molecular complexity index is 1470. The molecule has 2 aromatic rings. The van der Waals surface area contributed by atoms with Gasteiger partial charge < -0.3 is 10.4 Å². The molecule has 1 amide bonds. The van der Waals surface area contributed by atoms with Gasteiger partial charge in [-0.1, -0.05) is 0 Å². The molecule has 202 valence electrons. The zero-order chi connectivity index (χ0) is 28.0. The molecule has 1 saturated heterocycles. The normalized spacial score (nSPS) is 18.2. The number of carboxylic acids is 1. The Labute approximate surface area is 215 Å². The summed E-state index contributed by atoms with van der Waals surface area (Å²) in [5.74, 6) is -3.24. The van der Waals surface area contributed by atoms with E-state index in [-0.39, 0.29) is 42.9 Å². The molecule has 1 fully saturated rings. The predicted octanol–water partition coefficient (Wildman–Crippen LogP) is 3.87. The van der Waals surface area contributed by atoms with E-state index in [1.807, 2.05) is 0 Å². The van der Waals surface area contributed by atoms with Crippen LogP contribution in [0.5, 0.6) is 0 Å². The molecule has 0 radical (unpaired) electrons. The number of alkyl halides is 3. The summed E-state index contributed by atoms with van der Waals surface area (Å²) < 4.78 is 80.0. The molecule has 0 aliphatic carbocycles. The Morgan fingerprint density at radius 3 is 2.29 bits per heavy atom. The highest BCUT2D eigenvalue weighted by Crippen LogP contribution is 2.35. The molecule has 38 heavy (non-hydrogen) atoms. The first-order valence-electron chi connectivity index (χ1n) is 11.4. The van der Waals surface area contributed by atoms with Crippen LogP contribution in [0.15, 0.2) is 40.7 Å². The van der Waals surface area contributed by atoms with Gasteiger partial charge in [0.15, 0.2) is 0 Å². The van der Waals surface area contributed by atoms with E-state index in [2.05, 4.69) is 10.3 Å². The number of amides is 1. The van der Waals surface area contributed by atoms with Crippen molar-refractivity contribution in [2.24, 2.45) is 4.99 Å². The van der Waals surface area contributed by atoms with Crippen LogP contribution in [0.1, 0.15) is 51.0 Å². The van der Waals surface area contributed by atoms with Crippen molar-refractivity contribution in [2.75, 3.05) is 13.1 Å². The van der Waals surface area contributed by atoms with E-state index in [0.29, 0.717) is 28.8 Å². The number of carbonyl (C=O) groups is 2.